The molecule has 0 aliphatic heterocycles. The molecule has 1 N–H and O–H groups in total. The minimum absolute atomic E-state index is 0.0260. The summed E-state index contributed by atoms with van der Waals surface area (Å²) in [6, 6.07) is 4.28. The monoisotopic (exact) mass is 509 g/mol. The summed E-state index contributed by atoms with van der Waals surface area (Å²) in [6.07, 6.45) is 2.48. The largest absolute Gasteiger partial charge is 0.466 e. The highest BCUT2D eigenvalue weighted by Gasteiger charge is 2.55. The smallest absolute Gasteiger partial charge is 0.340 e. The van der Waals surface area contributed by atoms with Crippen LogP contribution < -0.4 is 0 Å². The van der Waals surface area contributed by atoms with Crippen molar-refractivity contribution in [3.63, 3.8) is 0 Å². The van der Waals surface area contributed by atoms with Gasteiger partial charge in [0.2, 0.25) is 0 Å². The maximum absolute atomic E-state index is 13.4. The Hall–Kier alpha value is -3.34. The molecule has 0 bridgehead atoms. The Morgan fingerprint density at radius 1 is 0.889 bits per heavy atom. The molecule has 2 atom stereocenters. The number of esters is 3. The zero-order chi connectivity index (χ0) is 27.1. The molecule has 0 fully saturated rings. The van der Waals surface area contributed by atoms with Crippen LogP contribution in [0.25, 0.3) is 0 Å². The first-order valence-corrected chi connectivity index (χ1v) is 12.1. The number of rotatable bonds is 17. The van der Waals surface area contributed by atoms with E-state index in [4.69, 9.17) is 14.2 Å². The Morgan fingerprint density at radius 3 is 1.89 bits per heavy atom. The Bertz CT molecular complexity index is 899. The van der Waals surface area contributed by atoms with Crippen LogP contribution in [-0.4, -0.2) is 59.1 Å². The first-order chi connectivity index (χ1) is 17.1. The van der Waals surface area contributed by atoms with Crippen LogP contribution in [0.15, 0.2) is 24.3 Å². The molecule has 36 heavy (non-hydrogen) atoms. The third kappa shape index (κ3) is 9.03. The number of carbonyl (C=O) groups is 4. The molecule has 2 unspecified atom stereocenters. The van der Waals surface area contributed by atoms with Crippen molar-refractivity contribution < 1.29 is 43.4 Å². The summed E-state index contributed by atoms with van der Waals surface area (Å²) >= 11 is 0. The molecule has 0 saturated heterocycles. The number of aliphatic hydroxyl groups is 1. The van der Waals surface area contributed by atoms with Crippen molar-refractivity contribution in [2.45, 2.75) is 71.3 Å². The second kappa shape index (κ2) is 15.6. The molecule has 200 valence electrons. The molecule has 0 saturated carbocycles. The van der Waals surface area contributed by atoms with E-state index >= 15 is 0 Å². The van der Waals surface area contributed by atoms with Crippen molar-refractivity contribution in [3.05, 3.63) is 39.9 Å². The topological polar surface area (TPSA) is 159 Å². The first-order valence-electron chi connectivity index (χ1n) is 12.1. The average molecular weight is 510 g/mol. The van der Waals surface area contributed by atoms with E-state index in [1.165, 1.54) is 0 Å². The Kier molecular flexibility index (Phi) is 13.3. The molecule has 1 aromatic carbocycles. The number of non-ortho nitro benzene ring substituents is 1. The maximum atomic E-state index is 13.4. The number of nitro benzene ring substituents is 1. The van der Waals surface area contributed by atoms with Crippen LogP contribution >= 0.6 is 0 Å². The van der Waals surface area contributed by atoms with Gasteiger partial charge in [0.25, 0.3) is 5.69 Å². The summed E-state index contributed by atoms with van der Waals surface area (Å²) in [4.78, 5) is 62.3. The summed E-state index contributed by atoms with van der Waals surface area (Å²) in [5.74, 6) is -6.77. The number of carbonyl (C=O) groups excluding carboxylic acids is 4. The van der Waals surface area contributed by atoms with Gasteiger partial charge in [0.15, 0.2) is 17.3 Å². The fraction of sp³-hybridized carbons (Fsp3) is 0.600. The molecule has 0 aromatic heterocycles. The molecule has 1 rings (SSSR count). The second-order valence-corrected chi connectivity index (χ2v) is 8.29. The lowest BCUT2D eigenvalue weighted by Gasteiger charge is -2.31. The second-order valence-electron chi connectivity index (χ2n) is 8.29. The minimum Gasteiger partial charge on any atom is -0.466 e. The number of hydrogen-bond donors (Lipinski definition) is 1. The lowest BCUT2D eigenvalue weighted by Crippen LogP contribution is -2.55. The van der Waals surface area contributed by atoms with E-state index in [1.807, 2.05) is 20.8 Å². The number of nitrogens with zero attached hydrogens (tertiary/aromatic N) is 1. The van der Waals surface area contributed by atoms with Gasteiger partial charge in [-0.05, 0) is 31.4 Å². The third-order valence-electron chi connectivity index (χ3n) is 5.34. The summed E-state index contributed by atoms with van der Waals surface area (Å²) in [6.45, 7) is 5.41. The molecule has 1 aromatic rings. The van der Waals surface area contributed by atoms with E-state index < -0.39 is 46.6 Å². The van der Waals surface area contributed by atoms with E-state index in [-0.39, 0.29) is 31.1 Å². The zero-order valence-electron chi connectivity index (χ0n) is 21.0. The predicted octanol–water partition coefficient (Wildman–Crippen LogP) is 3.54. The molecule has 0 amide bonds. The zero-order valence-corrected chi connectivity index (χ0v) is 21.0. The molecule has 0 aliphatic rings. The standard InChI is InChI=1S/C25H35NO10/c1-4-7-14-34-20(27)17-25(31,24(30)36-16-9-6-3)21(23(29)35-15-8-5-2)22(28)18-10-12-19(13-11-18)26(32)33/h10-13,21,31H,4-9,14-17H2,1-3H3. The first kappa shape index (κ1) is 30.7. The number of hydrogen-bond acceptors (Lipinski definition) is 10. The Balaban J connectivity index is 3.45. The summed E-state index contributed by atoms with van der Waals surface area (Å²) in [7, 11) is 0. The van der Waals surface area contributed by atoms with Gasteiger partial charge in [0.1, 0.15) is 0 Å². The van der Waals surface area contributed by atoms with Gasteiger partial charge in [-0.2, -0.15) is 0 Å². The van der Waals surface area contributed by atoms with Crippen LogP contribution in [0.1, 0.15) is 76.1 Å². The van der Waals surface area contributed by atoms with E-state index in [0.717, 1.165) is 30.7 Å². The summed E-state index contributed by atoms with van der Waals surface area (Å²) in [5, 5.41) is 22.4. The molecule has 0 aliphatic carbocycles. The summed E-state index contributed by atoms with van der Waals surface area (Å²) < 4.78 is 15.3. The molecule has 11 heteroatoms. The van der Waals surface area contributed by atoms with E-state index in [1.54, 1.807) is 0 Å². The van der Waals surface area contributed by atoms with Crippen LogP contribution in [-0.2, 0) is 28.6 Å². The predicted molar refractivity (Wildman–Crippen MR) is 128 cm³/mol. The van der Waals surface area contributed by atoms with Gasteiger partial charge < -0.3 is 19.3 Å². The fourth-order valence-corrected chi connectivity index (χ4v) is 3.16. The van der Waals surface area contributed by atoms with Gasteiger partial charge in [-0.25, -0.2) is 4.79 Å². The maximum Gasteiger partial charge on any atom is 0.340 e. The number of ketones is 1. The Labute approximate surface area is 210 Å². The van der Waals surface area contributed by atoms with Gasteiger partial charge in [-0.15, -0.1) is 0 Å². The van der Waals surface area contributed by atoms with Crippen LogP contribution in [0.3, 0.4) is 0 Å². The van der Waals surface area contributed by atoms with Crippen molar-refractivity contribution >= 4 is 29.4 Å². The highest BCUT2D eigenvalue weighted by atomic mass is 16.6. The van der Waals surface area contributed by atoms with Crippen molar-refractivity contribution in [2.75, 3.05) is 19.8 Å². The molecule has 11 nitrogen and oxygen atoms in total. The fourth-order valence-electron chi connectivity index (χ4n) is 3.16. The average Bonchev–Trinajstić information content (AvgIpc) is 2.84. The van der Waals surface area contributed by atoms with Crippen LogP contribution in [0.5, 0.6) is 0 Å². The normalized spacial score (nSPS) is 13.2. The molecule has 0 radical (unpaired) electrons. The lowest BCUT2D eigenvalue weighted by atomic mass is 9.79. The minimum atomic E-state index is -2.92. The molecule has 0 heterocycles. The lowest BCUT2D eigenvalue weighted by molar-refractivity contribution is -0.384. The van der Waals surface area contributed by atoms with Gasteiger partial charge >= 0.3 is 17.9 Å². The van der Waals surface area contributed by atoms with Crippen LogP contribution in [0.2, 0.25) is 0 Å². The van der Waals surface area contributed by atoms with Gasteiger partial charge in [-0.1, -0.05) is 40.0 Å². The number of ether oxygens (including phenoxy) is 3. The summed E-state index contributed by atoms with van der Waals surface area (Å²) in [5.41, 5.74) is -3.42. The van der Waals surface area contributed by atoms with E-state index in [0.29, 0.717) is 32.1 Å². The number of unbranched alkanes of at least 4 members (excludes halogenated alkanes) is 3. The Morgan fingerprint density at radius 2 is 1.39 bits per heavy atom. The van der Waals surface area contributed by atoms with Crippen molar-refractivity contribution in [1.82, 2.24) is 0 Å². The number of nitro groups is 1. The quantitative estimate of drug-likeness (QED) is 0.0625. The van der Waals surface area contributed by atoms with Crippen LogP contribution in [0.4, 0.5) is 5.69 Å². The van der Waals surface area contributed by atoms with Crippen molar-refractivity contribution in [2.24, 2.45) is 5.92 Å². The third-order valence-corrected chi connectivity index (χ3v) is 5.34. The highest BCUT2D eigenvalue weighted by Crippen LogP contribution is 2.30. The number of benzene rings is 1. The van der Waals surface area contributed by atoms with E-state index in [2.05, 4.69) is 0 Å². The van der Waals surface area contributed by atoms with Gasteiger partial charge in [0, 0.05) is 17.7 Å². The van der Waals surface area contributed by atoms with Crippen molar-refractivity contribution in [3.8, 4) is 0 Å². The molecule has 0 spiro atoms. The number of Topliss-reactive ketones (excluding diaryl/α,β-unsaturated/α-hetero) is 1. The molecular weight excluding hydrogens is 474 g/mol. The highest BCUT2D eigenvalue weighted by molar-refractivity contribution is 6.13. The van der Waals surface area contributed by atoms with Crippen molar-refractivity contribution in [1.29, 1.82) is 0 Å². The SMILES string of the molecule is CCCCOC(=O)CC(O)(C(=O)OCCCC)C(C(=O)OCCCC)C(=O)c1ccc([N+](=O)[O-])cc1. The molecular formula is C25H35NO10. The van der Waals surface area contributed by atoms with Gasteiger partial charge in [-0.3, -0.25) is 24.5 Å². The van der Waals surface area contributed by atoms with E-state index in [9.17, 15) is 34.4 Å². The van der Waals surface area contributed by atoms with Gasteiger partial charge in [0.05, 0.1) is 31.2 Å². The van der Waals surface area contributed by atoms with Crippen LogP contribution in [0, 0.1) is 16.0 Å².